The molecule has 0 saturated carbocycles. The average Bonchev–Trinajstić information content (AvgIpc) is 2.77. The molecule has 0 amide bonds. The number of aryl methyl sites for hydroxylation is 3. The smallest absolute Gasteiger partial charge is 0.0339 e. The number of benzene rings is 4. The molecule has 0 atom stereocenters. The Morgan fingerprint density at radius 3 is 1.03 bits per heavy atom. The second kappa shape index (κ2) is 8.55. The van der Waals surface area contributed by atoms with Gasteiger partial charge in [0, 0.05) is 11.3 Å². The van der Waals surface area contributed by atoms with Crippen LogP contribution in [0.1, 0.15) is 64.3 Å². The number of hydrogen-bond acceptors (Lipinski definition) is 0. The molecular weight excluding hydrogens is 372 g/mol. The van der Waals surface area contributed by atoms with E-state index in [0.717, 1.165) is 0 Å². The zero-order chi connectivity index (χ0) is 22.0. The van der Waals surface area contributed by atoms with Gasteiger partial charge in [-0.2, -0.15) is 0 Å². The quantitative estimate of drug-likeness (QED) is 0.295. The van der Waals surface area contributed by atoms with Gasteiger partial charge in [0.05, 0.1) is 0 Å². The molecule has 0 aliphatic rings. The Kier molecular flexibility index (Phi) is 5.83. The summed E-state index contributed by atoms with van der Waals surface area (Å²) in [4.78, 5) is 0. The van der Waals surface area contributed by atoms with Gasteiger partial charge in [-0.25, -0.2) is 0 Å². The maximum Gasteiger partial charge on any atom is 0.0339 e. The molecule has 4 aromatic carbocycles. The van der Waals surface area contributed by atoms with Crippen LogP contribution in [-0.2, 0) is 5.41 Å². The van der Waals surface area contributed by atoms with Gasteiger partial charge in [-0.15, -0.1) is 0 Å². The van der Waals surface area contributed by atoms with Gasteiger partial charge in [0.1, 0.15) is 0 Å². The Bertz CT molecular complexity index is 1080. The molecule has 4 rings (SSSR count). The molecule has 156 valence electrons. The first-order chi connectivity index (χ1) is 14.8. The monoisotopic (exact) mass is 404 g/mol. The number of hydrogen-bond donors (Lipinski definition) is 0. The summed E-state index contributed by atoms with van der Waals surface area (Å²) in [5.74, 6) is 0.234. The molecule has 0 radical (unpaired) electrons. The predicted octanol–water partition coefficient (Wildman–Crippen LogP) is 8.12. The van der Waals surface area contributed by atoms with Gasteiger partial charge >= 0.3 is 0 Å². The first-order valence-electron chi connectivity index (χ1n) is 11.2. The van der Waals surface area contributed by atoms with Crippen LogP contribution in [0.3, 0.4) is 0 Å². The van der Waals surface area contributed by atoms with Crippen molar-refractivity contribution in [1.29, 1.82) is 0 Å². The van der Waals surface area contributed by atoms with Gasteiger partial charge in [-0.05, 0) is 48.6 Å². The van der Waals surface area contributed by atoms with Crippen LogP contribution in [0.4, 0.5) is 0 Å². The highest BCUT2D eigenvalue weighted by molar-refractivity contribution is 5.47. The first kappa shape index (κ1) is 21.1. The molecule has 0 aliphatic carbocycles. The second-order valence-corrected chi connectivity index (χ2v) is 9.37. The van der Waals surface area contributed by atoms with Crippen LogP contribution in [0.15, 0.2) is 97.1 Å². The third kappa shape index (κ3) is 4.49. The van der Waals surface area contributed by atoms with E-state index in [1.165, 1.54) is 44.5 Å². The molecule has 0 heteroatoms. The first-order valence-corrected chi connectivity index (χ1v) is 11.2. The summed E-state index contributed by atoms with van der Waals surface area (Å²) in [6, 6.07) is 36.1. The lowest BCUT2D eigenvalue weighted by molar-refractivity contribution is 0.640. The van der Waals surface area contributed by atoms with Crippen molar-refractivity contribution in [2.45, 2.75) is 46.0 Å². The van der Waals surface area contributed by atoms with E-state index in [0.29, 0.717) is 0 Å². The normalized spacial score (nSPS) is 11.7. The third-order valence-corrected chi connectivity index (χ3v) is 6.56. The molecular formula is C31H32. The van der Waals surface area contributed by atoms with E-state index in [1.807, 2.05) is 0 Å². The average molecular weight is 405 g/mol. The van der Waals surface area contributed by atoms with Crippen molar-refractivity contribution < 1.29 is 0 Å². The highest BCUT2D eigenvalue weighted by Gasteiger charge is 2.24. The summed E-state index contributed by atoms with van der Waals surface area (Å²) in [6.07, 6.45) is 0. The van der Waals surface area contributed by atoms with E-state index in [4.69, 9.17) is 0 Å². The number of rotatable bonds is 5. The highest BCUT2D eigenvalue weighted by atomic mass is 14.3. The molecule has 31 heavy (non-hydrogen) atoms. The summed E-state index contributed by atoms with van der Waals surface area (Å²) in [5.41, 5.74) is 10.5. The van der Waals surface area contributed by atoms with Crippen molar-refractivity contribution in [2.24, 2.45) is 0 Å². The fraction of sp³-hybridized carbons (Fsp3) is 0.226. The Balaban J connectivity index is 1.73. The van der Waals surface area contributed by atoms with Crippen molar-refractivity contribution >= 4 is 0 Å². The highest BCUT2D eigenvalue weighted by Crippen LogP contribution is 2.36. The van der Waals surface area contributed by atoms with Crippen molar-refractivity contribution in [2.75, 3.05) is 0 Å². The Morgan fingerprint density at radius 1 is 0.419 bits per heavy atom. The minimum atomic E-state index is -0.0323. The molecule has 0 heterocycles. The van der Waals surface area contributed by atoms with Crippen molar-refractivity contribution in [1.82, 2.24) is 0 Å². The van der Waals surface area contributed by atoms with E-state index in [9.17, 15) is 0 Å². The van der Waals surface area contributed by atoms with Crippen molar-refractivity contribution in [3.05, 3.63) is 142 Å². The molecule has 0 aromatic heterocycles. The standard InChI is InChI=1S/C31H32/c1-22-6-12-25(13-7-22)30(26-14-8-23(2)9-15-26)27-16-20-29(21-17-27)31(4,5)28-18-10-24(3)11-19-28/h6-21,30H,1-5H3. The molecule has 0 N–H and O–H groups in total. The lowest BCUT2D eigenvalue weighted by Gasteiger charge is -2.27. The zero-order valence-corrected chi connectivity index (χ0v) is 19.3. The van der Waals surface area contributed by atoms with Gasteiger partial charge in [0.2, 0.25) is 0 Å². The minimum Gasteiger partial charge on any atom is -0.0590 e. The summed E-state index contributed by atoms with van der Waals surface area (Å²) < 4.78 is 0. The van der Waals surface area contributed by atoms with Crippen LogP contribution < -0.4 is 0 Å². The van der Waals surface area contributed by atoms with E-state index >= 15 is 0 Å². The maximum atomic E-state index is 2.32. The fourth-order valence-electron chi connectivity index (χ4n) is 4.32. The molecule has 0 aliphatic heterocycles. The molecule has 0 saturated heterocycles. The van der Waals surface area contributed by atoms with Crippen LogP contribution in [0, 0.1) is 20.8 Å². The molecule has 0 spiro atoms. The van der Waals surface area contributed by atoms with Gasteiger partial charge in [-0.1, -0.05) is 128 Å². The fourth-order valence-corrected chi connectivity index (χ4v) is 4.32. The Morgan fingerprint density at radius 2 is 0.677 bits per heavy atom. The van der Waals surface area contributed by atoms with Gasteiger partial charge in [0.25, 0.3) is 0 Å². The maximum absolute atomic E-state index is 2.32. The molecule has 0 fully saturated rings. The van der Waals surface area contributed by atoms with E-state index in [1.54, 1.807) is 0 Å². The molecule has 0 nitrogen and oxygen atoms in total. The summed E-state index contributed by atoms with van der Waals surface area (Å²) in [7, 11) is 0. The van der Waals surface area contributed by atoms with Crippen LogP contribution in [-0.4, -0.2) is 0 Å². The van der Waals surface area contributed by atoms with Gasteiger partial charge in [0.15, 0.2) is 0 Å². The van der Waals surface area contributed by atoms with Crippen LogP contribution >= 0.6 is 0 Å². The Labute approximate surface area is 187 Å². The van der Waals surface area contributed by atoms with Crippen LogP contribution in [0.25, 0.3) is 0 Å². The summed E-state index contributed by atoms with van der Waals surface area (Å²) >= 11 is 0. The van der Waals surface area contributed by atoms with Crippen molar-refractivity contribution in [3.8, 4) is 0 Å². The molecule has 0 bridgehead atoms. The second-order valence-electron chi connectivity index (χ2n) is 9.37. The predicted molar refractivity (Wildman–Crippen MR) is 133 cm³/mol. The van der Waals surface area contributed by atoms with E-state index in [2.05, 4.69) is 132 Å². The lowest BCUT2D eigenvalue weighted by Crippen LogP contribution is -2.19. The summed E-state index contributed by atoms with van der Waals surface area (Å²) in [6.45, 7) is 11.1. The van der Waals surface area contributed by atoms with E-state index in [-0.39, 0.29) is 11.3 Å². The lowest BCUT2D eigenvalue weighted by atomic mass is 9.76. The minimum absolute atomic E-state index is 0.0323. The zero-order valence-electron chi connectivity index (χ0n) is 19.3. The topological polar surface area (TPSA) is 0 Å². The van der Waals surface area contributed by atoms with E-state index < -0.39 is 0 Å². The molecule has 4 aromatic rings. The van der Waals surface area contributed by atoms with Gasteiger partial charge in [-0.3, -0.25) is 0 Å². The third-order valence-electron chi connectivity index (χ3n) is 6.56. The van der Waals surface area contributed by atoms with Crippen LogP contribution in [0.2, 0.25) is 0 Å². The van der Waals surface area contributed by atoms with Gasteiger partial charge < -0.3 is 0 Å². The Hall–Kier alpha value is -3.12. The molecule has 0 unspecified atom stereocenters. The van der Waals surface area contributed by atoms with Crippen LogP contribution in [0.5, 0.6) is 0 Å². The van der Waals surface area contributed by atoms with Crippen molar-refractivity contribution in [3.63, 3.8) is 0 Å². The largest absolute Gasteiger partial charge is 0.0590 e. The SMILES string of the molecule is Cc1ccc(C(c2ccc(C)cc2)c2ccc(C(C)(C)c3ccc(C)cc3)cc2)cc1. The summed E-state index contributed by atoms with van der Waals surface area (Å²) in [5, 5.41) is 0.